The zero-order chi connectivity index (χ0) is 10.1. The minimum Gasteiger partial charge on any atom is -0.399 e. The zero-order valence-corrected chi connectivity index (χ0v) is 8.54. The van der Waals surface area contributed by atoms with E-state index in [1.165, 1.54) is 0 Å². The summed E-state index contributed by atoms with van der Waals surface area (Å²) in [6, 6.07) is 7.81. The molecule has 1 aromatic carbocycles. The van der Waals surface area contributed by atoms with Crippen molar-refractivity contribution in [2.75, 3.05) is 5.73 Å². The SMILES string of the molecule is CC(C)(C)[C@H](N)c1cccc(N)c1. The molecule has 0 saturated carbocycles. The molecule has 0 aliphatic carbocycles. The summed E-state index contributed by atoms with van der Waals surface area (Å²) in [4.78, 5) is 0. The molecule has 1 rings (SSSR count). The first-order valence-corrected chi connectivity index (χ1v) is 4.52. The largest absolute Gasteiger partial charge is 0.399 e. The van der Waals surface area contributed by atoms with Crippen molar-refractivity contribution in [1.29, 1.82) is 0 Å². The molecule has 13 heavy (non-hydrogen) atoms. The summed E-state index contributed by atoms with van der Waals surface area (Å²) in [5.74, 6) is 0. The first kappa shape index (κ1) is 10.1. The maximum atomic E-state index is 6.09. The molecule has 0 radical (unpaired) electrons. The highest BCUT2D eigenvalue weighted by atomic mass is 14.7. The molecule has 0 saturated heterocycles. The second-order valence-electron chi connectivity index (χ2n) is 4.51. The molecule has 0 unspecified atom stereocenters. The highest BCUT2D eigenvalue weighted by Gasteiger charge is 2.21. The van der Waals surface area contributed by atoms with Crippen LogP contribution in [0.4, 0.5) is 5.69 Å². The van der Waals surface area contributed by atoms with Gasteiger partial charge in [0.2, 0.25) is 0 Å². The van der Waals surface area contributed by atoms with E-state index in [4.69, 9.17) is 11.5 Å². The van der Waals surface area contributed by atoms with Crippen LogP contribution < -0.4 is 11.5 Å². The van der Waals surface area contributed by atoms with Crippen LogP contribution in [0.1, 0.15) is 32.4 Å². The smallest absolute Gasteiger partial charge is 0.0344 e. The fourth-order valence-electron chi connectivity index (χ4n) is 1.25. The van der Waals surface area contributed by atoms with Crippen LogP contribution in [0.5, 0.6) is 0 Å². The number of anilines is 1. The van der Waals surface area contributed by atoms with Gasteiger partial charge in [0.05, 0.1) is 0 Å². The van der Waals surface area contributed by atoms with Gasteiger partial charge in [0.15, 0.2) is 0 Å². The van der Waals surface area contributed by atoms with E-state index in [9.17, 15) is 0 Å². The van der Waals surface area contributed by atoms with E-state index in [1.54, 1.807) is 0 Å². The molecule has 2 heteroatoms. The number of rotatable bonds is 1. The molecule has 0 heterocycles. The molecule has 0 aliphatic rings. The second-order valence-corrected chi connectivity index (χ2v) is 4.51. The van der Waals surface area contributed by atoms with Crippen LogP contribution in [-0.4, -0.2) is 0 Å². The third-order valence-electron chi connectivity index (χ3n) is 2.20. The standard InChI is InChI=1S/C11H18N2/c1-11(2,3)10(13)8-5-4-6-9(12)7-8/h4-7,10H,12-13H2,1-3H3/t10-/m1/s1. The number of nitrogen functional groups attached to an aromatic ring is 1. The van der Waals surface area contributed by atoms with Crippen molar-refractivity contribution in [3.05, 3.63) is 29.8 Å². The Balaban J connectivity index is 2.96. The summed E-state index contributed by atoms with van der Waals surface area (Å²) in [5.41, 5.74) is 13.7. The zero-order valence-electron chi connectivity index (χ0n) is 8.54. The van der Waals surface area contributed by atoms with Gasteiger partial charge in [-0.3, -0.25) is 0 Å². The lowest BCUT2D eigenvalue weighted by atomic mass is 9.83. The van der Waals surface area contributed by atoms with E-state index in [0.717, 1.165) is 11.3 Å². The van der Waals surface area contributed by atoms with Crippen molar-refractivity contribution in [3.63, 3.8) is 0 Å². The van der Waals surface area contributed by atoms with E-state index >= 15 is 0 Å². The maximum Gasteiger partial charge on any atom is 0.0344 e. The summed E-state index contributed by atoms with van der Waals surface area (Å²) in [7, 11) is 0. The van der Waals surface area contributed by atoms with Crippen LogP contribution in [0.25, 0.3) is 0 Å². The van der Waals surface area contributed by atoms with E-state index in [-0.39, 0.29) is 11.5 Å². The van der Waals surface area contributed by atoms with E-state index in [1.807, 2.05) is 24.3 Å². The number of hydrogen-bond acceptors (Lipinski definition) is 2. The highest BCUT2D eigenvalue weighted by Crippen LogP contribution is 2.30. The van der Waals surface area contributed by atoms with Gasteiger partial charge >= 0.3 is 0 Å². The molecule has 4 N–H and O–H groups in total. The molecule has 1 atom stereocenters. The fraction of sp³-hybridized carbons (Fsp3) is 0.455. The third-order valence-corrected chi connectivity index (χ3v) is 2.20. The predicted octanol–water partition coefficient (Wildman–Crippen LogP) is 2.31. The Hall–Kier alpha value is -1.02. The predicted molar refractivity (Wildman–Crippen MR) is 57.2 cm³/mol. The normalized spacial score (nSPS) is 14.2. The molecule has 0 spiro atoms. The second kappa shape index (κ2) is 3.38. The van der Waals surface area contributed by atoms with Crippen LogP contribution in [-0.2, 0) is 0 Å². The van der Waals surface area contributed by atoms with E-state index in [2.05, 4.69) is 20.8 Å². The van der Waals surface area contributed by atoms with Crippen LogP contribution >= 0.6 is 0 Å². The Kier molecular flexibility index (Phi) is 2.62. The minimum atomic E-state index is 0.0380. The molecule has 72 valence electrons. The summed E-state index contributed by atoms with van der Waals surface area (Å²) < 4.78 is 0. The Morgan fingerprint density at radius 3 is 2.31 bits per heavy atom. The quantitative estimate of drug-likeness (QED) is 0.648. The molecule has 0 bridgehead atoms. The number of nitrogens with two attached hydrogens (primary N) is 2. The van der Waals surface area contributed by atoms with Gasteiger partial charge < -0.3 is 11.5 Å². The van der Waals surface area contributed by atoms with Gasteiger partial charge in [0.1, 0.15) is 0 Å². The summed E-state index contributed by atoms with van der Waals surface area (Å²) >= 11 is 0. The van der Waals surface area contributed by atoms with Gasteiger partial charge in [-0.1, -0.05) is 32.9 Å². The van der Waals surface area contributed by atoms with Crippen LogP contribution in [0, 0.1) is 5.41 Å². The topological polar surface area (TPSA) is 52.0 Å². The van der Waals surface area contributed by atoms with Crippen LogP contribution in [0.2, 0.25) is 0 Å². The first-order chi connectivity index (χ1) is 5.91. The molecule has 0 aromatic heterocycles. The molecule has 0 aliphatic heterocycles. The third kappa shape index (κ3) is 2.46. The van der Waals surface area contributed by atoms with Crippen molar-refractivity contribution in [2.24, 2.45) is 11.1 Å². The molecule has 1 aromatic rings. The van der Waals surface area contributed by atoms with Gasteiger partial charge in [-0.15, -0.1) is 0 Å². The van der Waals surface area contributed by atoms with Gasteiger partial charge in [0, 0.05) is 11.7 Å². The van der Waals surface area contributed by atoms with Crippen molar-refractivity contribution in [2.45, 2.75) is 26.8 Å². The Morgan fingerprint density at radius 2 is 1.85 bits per heavy atom. The monoisotopic (exact) mass is 178 g/mol. The van der Waals surface area contributed by atoms with Crippen molar-refractivity contribution >= 4 is 5.69 Å². The lowest BCUT2D eigenvalue weighted by Gasteiger charge is -2.27. The summed E-state index contributed by atoms with van der Waals surface area (Å²) in [6.45, 7) is 6.38. The van der Waals surface area contributed by atoms with Crippen molar-refractivity contribution in [3.8, 4) is 0 Å². The van der Waals surface area contributed by atoms with Gasteiger partial charge in [-0.2, -0.15) is 0 Å². The maximum absolute atomic E-state index is 6.09. The molecular weight excluding hydrogens is 160 g/mol. The summed E-state index contributed by atoms with van der Waals surface area (Å²) in [6.07, 6.45) is 0. The molecule has 2 nitrogen and oxygen atoms in total. The van der Waals surface area contributed by atoms with E-state index < -0.39 is 0 Å². The molecule has 0 fully saturated rings. The van der Waals surface area contributed by atoms with E-state index in [0.29, 0.717) is 0 Å². The molecular formula is C11H18N2. The Bertz CT molecular complexity index is 286. The Morgan fingerprint density at radius 1 is 1.23 bits per heavy atom. The Labute approximate surface area is 79.9 Å². The first-order valence-electron chi connectivity index (χ1n) is 4.52. The average molecular weight is 178 g/mol. The van der Waals surface area contributed by atoms with Crippen LogP contribution in [0.15, 0.2) is 24.3 Å². The lowest BCUT2D eigenvalue weighted by molar-refractivity contribution is 0.327. The lowest BCUT2D eigenvalue weighted by Crippen LogP contribution is -2.26. The van der Waals surface area contributed by atoms with Gasteiger partial charge in [-0.25, -0.2) is 0 Å². The van der Waals surface area contributed by atoms with Crippen LogP contribution in [0.3, 0.4) is 0 Å². The summed E-state index contributed by atoms with van der Waals surface area (Å²) in [5, 5.41) is 0. The minimum absolute atomic E-state index is 0.0380. The van der Waals surface area contributed by atoms with Crippen molar-refractivity contribution < 1.29 is 0 Å². The number of hydrogen-bond donors (Lipinski definition) is 2. The number of benzene rings is 1. The molecule has 0 amide bonds. The van der Waals surface area contributed by atoms with Gasteiger partial charge in [0.25, 0.3) is 0 Å². The fourth-order valence-corrected chi connectivity index (χ4v) is 1.25. The van der Waals surface area contributed by atoms with Crippen molar-refractivity contribution in [1.82, 2.24) is 0 Å². The average Bonchev–Trinajstić information content (AvgIpc) is 2.01. The van der Waals surface area contributed by atoms with Gasteiger partial charge in [-0.05, 0) is 23.1 Å². The highest BCUT2D eigenvalue weighted by molar-refractivity contribution is 5.41.